The Morgan fingerprint density at radius 2 is 1.83 bits per heavy atom. The van der Waals surface area contributed by atoms with Crippen LogP contribution >= 0.6 is 0 Å². The third kappa shape index (κ3) is 7.47. The standard InChI is InChI=1S/C21H27N3O5S/c1-17-10-12-18(13-11-17)6-4-14-22-21(25)9-5-15-23(30(2,28)29)19-7-3-8-20(16-19)24(26)27/h3,7-8,10-13,16H,4-6,9,14-15H2,1-2H3,(H,22,25). The Balaban J connectivity index is 1.80. The SMILES string of the molecule is Cc1ccc(CCCNC(=O)CCCN(c2cccc([N+](=O)[O-])c2)S(C)(=O)=O)cc1. The van der Waals surface area contributed by atoms with Crippen LogP contribution < -0.4 is 9.62 Å². The average molecular weight is 434 g/mol. The van der Waals surface area contributed by atoms with Gasteiger partial charge >= 0.3 is 0 Å². The first-order chi connectivity index (χ1) is 14.2. The predicted octanol–water partition coefficient (Wildman–Crippen LogP) is 3.20. The van der Waals surface area contributed by atoms with E-state index in [-0.39, 0.29) is 30.2 Å². The number of non-ortho nitro benzene ring substituents is 1. The molecular weight excluding hydrogens is 406 g/mol. The molecule has 9 heteroatoms. The van der Waals surface area contributed by atoms with Crippen LogP contribution in [0.2, 0.25) is 0 Å². The van der Waals surface area contributed by atoms with Gasteiger partial charge in [0.05, 0.1) is 16.9 Å². The smallest absolute Gasteiger partial charge is 0.271 e. The summed E-state index contributed by atoms with van der Waals surface area (Å²) in [6.07, 6.45) is 3.20. The maximum absolute atomic E-state index is 12.1. The summed E-state index contributed by atoms with van der Waals surface area (Å²) in [4.78, 5) is 22.4. The maximum atomic E-state index is 12.1. The molecule has 0 fully saturated rings. The number of hydrogen-bond donors (Lipinski definition) is 1. The van der Waals surface area contributed by atoms with Gasteiger partial charge in [0.1, 0.15) is 0 Å². The van der Waals surface area contributed by atoms with E-state index in [1.807, 2.05) is 6.92 Å². The van der Waals surface area contributed by atoms with E-state index < -0.39 is 14.9 Å². The van der Waals surface area contributed by atoms with Gasteiger partial charge in [0.15, 0.2) is 0 Å². The molecule has 0 aromatic heterocycles. The first kappa shape index (κ1) is 23.3. The lowest BCUT2D eigenvalue weighted by atomic mass is 10.1. The lowest BCUT2D eigenvalue weighted by Crippen LogP contribution is -2.32. The third-order valence-corrected chi connectivity index (χ3v) is 5.77. The third-order valence-electron chi connectivity index (χ3n) is 4.58. The summed E-state index contributed by atoms with van der Waals surface area (Å²) in [5.74, 6) is -0.147. The Labute approximate surface area is 177 Å². The molecule has 0 radical (unpaired) electrons. The molecule has 0 aliphatic carbocycles. The van der Waals surface area contributed by atoms with Crippen LogP contribution in [0.1, 0.15) is 30.4 Å². The minimum atomic E-state index is -3.63. The van der Waals surface area contributed by atoms with Crippen molar-refractivity contribution in [3.63, 3.8) is 0 Å². The summed E-state index contributed by atoms with van der Waals surface area (Å²) in [6.45, 7) is 2.65. The lowest BCUT2D eigenvalue weighted by molar-refractivity contribution is -0.384. The van der Waals surface area contributed by atoms with Crippen LogP contribution in [0.3, 0.4) is 0 Å². The molecule has 2 aromatic carbocycles. The zero-order valence-corrected chi connectivity index (χ0v) is 18.0. The first-order valence-corrected chi connectivity index (χ1v) is 11.6. The van der Waals surface area contributed by atoms with Gasteiger partial charge in [0.25, 0.3) is 5.69 Å². The Hall–Kier alpha value is -2.94. The molecule has 1 N–H and O–H groups in total. The summed E-state index contributed by atoms with van der Waals surface area (Å²) in [5.41, 5.74) is 2.45. The van der Waals surface area contributed by atoms with Gasteiger partial charge in [0, 0.05) is 31.6 Å². The van der Waals surface area contributed by atoms with Crippen LogP contribution in [0.25, 0.3) is 0 Å². The second kappa shape index (κ2) is 10.7. The number of anilines is 1. The zero-order chi connectivity index (χ0) is 22.1. The highest BCUT2D eigenvalue weighted by atomic mass is 32.2. The number of benzene rings is 2. The lowest BCUT2D eigenvalue weighted by Gasteiger charge is -2.22. The minimum Gasteiger partial charge on any atom is -0.356 e. The van der Waals surface area contributed by atoms with E-state index in [1.165, 1.54) is 35.4 Å². The largest absolute Gasteiger partial charge is 0.356 e. The van der Waals surface area contributed by atoms with Crippen LogP contribution in [0.15, 0.2) is 48.5 Å². The summed E-state index contributed by atoms with van der Waals surface area (Å²) in [6, 6.07) is 13.7. The summed E-state index contributed by atoms with van der Waals surface area (Å²) >= 11 is 0. The fraction of sp³-hybridized carbons (Fsp3) is 0.381. The van der Waals surface area contributed by atoms with Gasteiger partial charge in [-0.25, -0.2) is 8.42 Å². The fourth-order valence-electron chi connectivity index (χ4n) is 2.99. The molecule has 2 aromatic rings. The van der Waals surface area contributed by atoms with Gasteiger partial charge < -0.3 is 5.32 Å². The average Bonchev–Trinajstić information content (AvgIpc) is 2.69. The maximum Gasteiger partial charge on any atom is 0.271 e. The van der Waals surface area contributed by atoms with Crippen LogP contribution in [0, 0.1) is 17.0 Å². The van der Waals surface area contributed by atoms with E-state index >= 15 is 0 Å². The van der Waals surface area contributed by atoms with Crippen molar-refractivity contribution in [1.29, 1.82) is 0 Å². The van der Waals surface area contributed by atoms with Crippen molar-refractivity contribution in [2.45, 2.75) is 32.6 Å². The summed E-state index contributed by atoms with van der Waals surface area (Å²) in [5, 5.41) is 13.8. The molecule has 2 rings (SSSR count). The first-order valence-electron chi connectivity index (χ1n) is 9.71. The van der Waals surface area contributed by atoms with Gasteiger partial charge in [-0.1, -0.05) is 35.9 Å². The molecule has 0 saturated heterocycles. The molecule has 0 aliphatic rings. The molecule has 0 heterocycles. The Kier molecular flexibility index (Phi) is 8.35. The van der Waals surface area contributed by atoms with Crippen LogP contribution in [0.5, 0.6) is 0 Å². The highest BCUT2D eigenvalue weighted by Gasteiger charge is 2.19. The molecule has 0 spiro atoms. The number of hydrogen-bond acceptors (Lipinski definition) is 5. The number of nitrogens with zero attached hydrogens (tertiary/aromatic N) is 2. The van der Waals surface area contributed by atoms with E-state index in [1.54, 1.807) is 0 Å². The van der Waals surface area contributed by atoms with Crippen molar-refractivity contribution in [1.82, 2.24) is 5.32 Å². The number of nitro groups is 1. The van der Waals surface area contributed by atoms with Crippen LogP contribution in [-0.4, -0.2) is 38.6 Å². The van der Waals surface area contributed by atoms with Crippen LogP contribution in [0.4, 0.5) is 11.4 Å². The van der Waals surface area contributed by atoms with Gasteiger partial charge in [-0.3, -0.25) is 19.2 Å². The molecule has 8 nitrogen and oxygen atoms in total. The Morgan fingerprint density at radius 3 is 2.47 bits per heavy atom. The van der Waals surface area contributed by atoms with Crippen molar-refractivity contribution < 1.29 is 18.1 Å². The Morgan fingerprint density at radius 1 is 1.13 bits per heavy atom. The molecule has 1 amide bonds. The van der Waals surface area contributed by atoms with Crippen molar-refractivity contribution in [3.8, 4) is 0 Å². The van der Waals surface area contributed by atoms with E-state index in [0.29, 0.717) is 13.0 Å². The molecule has 0 aliphatic heterocycles. The highest BCUT2D eigenvalue weighted by Crippen LogP contribution is 2.23. The van der Waals surface area contributed by atoms with E-state index in [0.717, 1.165) is 23.4 Å². The summed E-state index contributed by atoms with van der Waals surface area (Å²) < 4.78 is 25.3. The number of carbonyl (C=O) groups is 1. The molecule has 30 heavy (non-hydrogen) atoms. The van der Waals surface area contributed by atoms with Gasteiger partial charge in [-0.05, 0) is 37.8 Å². The van der Waals surface area contributed by atoms with Gasteiger partial charge in [0.2, 0.25) is 15.9 Å². The molecular formula is C21H27N3O5S. The topological polar surface area (TPSA) is 110 Å². The number of nitro benzene ring substituents is 1. The fourth-order valence-corrected chi connectivity index (χ4v) is 3.95. The zero-order valence-electron chi connectivity index (χ0n) is 17.2. The van der Waals surface area contributed by atoms with Crippen molar-refractivity contribution in [2.24, 2.45) is 0 Å². The number of amides is 1. The van der Waals surface area contributed by atoms with E-state index in [2.05, 4.69) is 29.6 Å². The normalized spacial score (nSPS) is 11.1. The molecule has 0 saturated carbocycles. The van der Waals surface area contributed by atoms with Crippen LogP contribution in [-0.2, 0) is 21.2 Å². The van der Waals surface area contributed by atoms with Crippen molar-refractivity contribution in [3.05, 3.63) is 69.8 Å². The van der Waals surface area contributed by atoms with E-state index in [4.69, 9.17) is 0 Å². The molecule has 0 bridgehead atoms. The minimum absolute atomic E-state index is 0.0663. The van der Waals surface area contributed by atoms with Crippen molar-refractivity contribution in [2.75, 3.05) is 23.7 Å². The molecule has 0 atom stereocenters. The number of nitrogens with one attached hydrogen (secondary N) is 1. The number of sulfonamides is 1. The number of carbonyl (C=O) groups excluding carboxylic acids is 1. The van der Waals surface area contributed by atoms with Gasteiger partial charge in [-0.15, -0.1) is 0 Å². The number of aryl methyl sites for hydroxylation is 2. The van der Waals surface area contributed by atoms with E-state index in [9.17, 15) is 23.3 Å². The molecule has 0 unspecified atom stereocenters. The second-order valence-corrected chi connectivity index (χ2v) is 9.06. The Bertz CT molecular complexity index is 974. The van der Waals surface area contributed by atoms with Gasteiger partial charge in [-0.2, -0.15) is 0 Å². The highest BCUT2D eigenvalue weighted by molar-refractivity contribution is 7.92. The van der Waals surface area contributed by atoms with Crippen molar-refractivity contribution >= 4 is 27.3 Å². The quantitative estimate of drug-likeness (QED) is 0.332. The monoisotopic (exact) mass is 433 g/mol. The molecule has 162 valence electrons. The summed E-state index contributed by atoms with van der Waals surface area (Å²) in [7, 11) is -3.63. The number of rotatable bonds is 11. The second-order valence-electron chi connectivity index (χ2n) is 7.15. The predicted molar refractivity (Wildman–Crippen MR) is 117 cm³/mol.